The summed E-state index contributed by atoms with van der Waals surface area (Å²) in [5.41, 5.74) is 8.94. The van der Waals surface area contributed by atoms with Crippen molar-refractivity contribution in [3.63, 3.8) is 0 Å². The predicted molar refractivity (Wildman–Crippen MR) is 109 cm³/mol. The molecule has 0 amide bonds. The van der Waals surface area contributed by atoms with Gasteiger partial charge in [-0.25, -0.2) is 0 Å². The molecule has 3 aromatic rings. The summed E-state index contributed by atoms with van der Waals surface area (Å²) in [5.74, 6) is 0.0829. The van der Waals surface area contributed by atoms with E-state index in [1.165, 1.54) is 11.1 Å². The molecule has 4 heteroatoms. The normalized spacial score (nSPS) is 18.9. The molecule has 2 unspecified atom stereocenters. The minimum Gasteiger partial charge on any atom is -0.388 e. The Labute approximate surface area is 158 Å². The van der Waals surface area contributed by atoms with Crippen LogP contribution in [0.3, 0.4) is 0 Å². The number of halogens is 1. The maximum absolute atomic E-state index is 6.24. The average molecular weight is 362 g/mol. The van der Waals surface area contributed by atoms with Gasteiger partial charge < -0.3 is 10.7 Å². The van der Waals surface area contributed by atoms with Gasteiger partial charge in [-0.3, -0.25) is 0 Å². The van der Waals surface area contributed by atoms with Gasteiger partial charge in [0.05, 0.1) is 17.7 Å². The first-order chi connectivity index (χ1) is 12.8. The Morgan fingerprint density at radius 2 is 1.69 bits per heavy atom. The molecule has 0 aromatic heterocycles. The van der Waals surface area contributed by atoms with Gasteiger partial charge in [-0.15, -0.1) is 0 Å². The summed E-state index contributed by atoms with van der Waals surface area (Å²) in [4.78, 5) is 0. The van der Waals surface area contributed by atoms with E-state index in [0.717, 1.165) is 17.0 Å². The third-order valence-corrected chi connectivity index (χ3v) is 5.03. The molecular formula is C22H20ClN3. The first kappa shape index (κ1) is 16.7. The number of hydrogen-bond acceptors (Lipinski definition) is 3. The summed E-state index contributed by atoms with van der Waals surface area (Å²) in [6, 6.07) is 26.8. The lowest BCUT2D eigenvalue weighted by Gasteiger charge is -2.24. The highest BCUT2D eigenvalue weighted by Crippen LogP contribution is 2.41. The lowest BCUT2D eigenvalue weighted by molar-refractivity contribution is 0.574. The fraction of sp³-hybridized carbons (Fsp3) is 0.136. The monoisotopic (exact) mass is 361 g/mol. The molecule has 2 atom stereocenters. The molecule has 3 nitrogen and oxygen atoms in total. The molecule has 2 N–H and O–H groups in total. The highest BCUT2D eigenvalue weighted by Gasteiger charge is 2.36. The average Bonchev–Trinajstić information content (AvgIpc) is 3.13. The van der Waals surface area contributed by atoms with Crippen LogP contribution in [0.4, 0.5) is 5.69 Å². The second-order valence-electron chi connectivity index (χ2n) is 6.34. The van der Waals surface area contributed by atoms with Gasteiger partial charge in [0.25, 0.3) is 0 Å². The topological polar surface area (TPSA) is 36.4 Å². The van der Waals surface area contributed by atoms with E-state index >= 15 is 0 Å². The fourth-order valence-electron chi connectivity index (χ4n) is 3.58. The molecule has 1 aliphatic rings. The van der Waals surface area contributed by atoms with Crippen molar-refractivity contribution in [1.29, 1.82) is 0 Å². The summed E-state index contributed by atoms with van der Waals surface area (Å²) in [5, 5.41) is 8.75. The van der Waals surface area contributed by atoms with Crippen LogP contribution in [0.15, 0.2) is 84.0 Å². The second kappa shape index (κ2) is 7.22. The minimum atomic E-state index is 0.0691. The number of benzene rings is 3. The maximum atomic E-state index is 6.24. The number of nitrogens with one attached hydrogen (secondary N) is 2. The molecule has 26 heavy (non-hydrogen) atoms. The first-order valence-corrected chi connectivity index (χ1v) is 9.06. The smallest absolute Gasteiger partial charge is 0.0815 e. The van der Waals surface area contributed by atoms with Crippen LogP contribution in [-0.4, -0.2) is 12.8 Å². The van der Waals surface area contributed by atoms with E-state index in [0.29, 0.717) is 5.02 Å². The molecular weight excluding hydrogens is 342 g/mol. The van der Waals surface area contributed by atoms with Crippen molar-refractivity contribution in [3.05, 3.63) is 101 Å². The van der Waals surface area contributed by atoms with Crippen molar-refractivity contribution in [2.24, 2.45) is 5.10 Å². The third-order valence-electron chi connectivity index (χ3n) is 4.80. The Bertz CT molecular complexity index is 937. The summed E-state index contributed by atoms with van der Waals surface area (Å²) in [6.45, 7) is 0. The van der Waals surface area contributed by atoms with Gasteiger partial charge in [0, 0.05) is 17.8 Å². The van der Waals surface area contributed by atoms with Crippen LogP contribution in [0.25, 0.3) is 0 Å². The van der Waals surface area contributed by atoms with E-state index in [4.69, 9.17) is 16.7 Å². The van der Waals surface area contributed by atoms with E-state index < -0.39 is 0 Å². The van der Waals surface area contributed by atoms with Gasteiger partial charge in [0.2, 0.25) is 0 Å². The quantitative estimate of drug-likeness (QED) is 0.668. The van der Waals surface area contributed by atoms with E-state index in [1.807, 2.05) is 37.4 Å². The molecule has 1 aliphatic heterocycles. The van der Waals surface area contributed by atoms with Crippen molar-refractivity contribution < 1.29 is 0 Å². The van der Waals surface area contributed by atoms with Crippen LogP contribution in [0.5, 0.6) is 0 Å². The van der Waals surface area contributed by atoms with Gasteiger partial charge in [0.1, 0.15) is 0 Å². The second-order valence-corrected chi connectivity index (χ2v) is 6.78. The molecule has 130 valence electrons. The summed E-state index contributed by atoms with van der Waals surface area (Å²) in [7, 11) is 1.95. The fourth-order valence-corrected chi connectivity index (χ4v) is 3.77. The third kappa shape index (κ3) is 3.06. The lowest BCUT2D eigenvalue weighted by atomic mass is 9.81. The Morgan fingerprint density at radius 3 is 2.46 bits per heavy atom. The van der Waals surface area contributed by atoms with Crippen LogP contribution in [0, 0.1) is 0 Å². The van der Waals surface area contributed by atoms with E-state index in [9.17, 15) is 0 Å². The predicted octanol–water partition coefficient (Wildman–Crippen LogP) is 5.21. The number of anilines is 1. The Hall–Kier alpha value is -2.78. The largest absolute Gasteiger partial charge is 0.388 e. The van der Waals surface area contributed by atoms with Gasteiger partial charge >= 0.3 is 0 Å². The molecule has 0 spiro atoms. The summed E-state index contributed by atoms with van der Waals surface area (Å²) < 4.78 is 0. The molecule has 3 aromatic carbocycles. The highest BCUT2D eigenvalue weighted by molar-refractivity contribution is 6.31. The summed E-state index contributed by atoms with van der Waals surface area (Å²) in [6.07, 6.45) is 0. The lowest BCUT2D eigenvalue weighted by Crippen LogP contribution is -2.21. The molecule has 0 fully saturated rings. The number of nitrogens with zero attached hydrogens (tertiary/aromatic N) is 1. The van der Waals surface area contributed by atoms with Crippen molar-refractivity contribution in [2.45, 2.75) is 12.0 Å². The zero-order valence-corrected chi connectivity index (χ0v) is 15.2. The molecule has 1 heterocycles. The first-order valence-electron chi connectivity index (χ1n) is 8.68. The molecule has 0 aliphatic carbocycles. The van der Waals surface area contributed by atoms with Gasteiger partial charge in [-0.05, 0) is 34.9 Å². The molecule has 0 radical (unpaired) electrons. The van der Waals surface area contributed by atoms with Gasteiger partial charge in [0.15, 0.2) is 0 Å². The number of para-hydroxylation sites is 1. The Balaban J connectivity index is 1.84. The maximum Gasteiger partial charge on any atom is 0.0815 e. The number of hydrogen-bond donors (Lipinski definition) is 2. The highest BCUT2D eigenvalue weighted by atomic mass is 35.5. The van der Waals surface area contributed by atoms with E-state index in [-0.39, 0.29) is 12.0 Å². The van der Waals surface area contributed by atoms with Crippen LogP contribution in [0.1, 0.15) is 28.7 Å². The zero-order valence-electron chi connectivity index (χ0n) is 14.5. The van der Waals surface area contributed by atoms with E-state index in [1.54, 1.807) is 0 Å². The van der Waals surface area contributed by atoms with Crippen LogP contribution >= 0.6 is 11.6 Å². The molecule has 0 bridgehead atoms. The van der Waals surface area contributed by atoms with Crippen LogP contribution in [0.2, 0.25) is 5.02 Å². The van der Waals surface area contributed by atoms with Crippen molar-refractivity contribution in [2.75, 3.05) is 12.4 Å². The van der Waals surface area contributed by atoms with Crippen LogP contribution < -0.4 is 10.7 Å². The SMILES string of the molecule is CNc1ccccc1C1C(c2cccc(Cl)c2)=NNC1c1ccccc1. The van der Waals surface area contributed by atoms with E-state index in [2.05, 4.69) is 59.3 Å². The molecule has 0 saturated heterocycles. The minimum absolute atomic E-state index is 0.0691. The van der Waals surface area contributed by atoms with Gasteiger partial charge in [-0.2, -0.15) is 5.10 Å². The van der Waals surface area contributed by atoms with Crippen molar-refractivity contribution in [3.8, 4) is 0 Å². The number of hydrazone groups is 1. The van der Waals surface area contributed by atoms with Crippen molar-refractivity contribution >= 4 is 23.0 Å². The number of rotatable bonds is 4. The van der Waals surface area contributed by atoms with Gasteiger partial charge in [-0.1, -0.05) is 72.3 Å². The summed E-state index contributed by atoms with van der Waals surface area (Å²) >= 11 is 6.24. The molecule has 0 saturated carbocycles. The zero-order chi connectivity index (χ0) is 17.9. The Morgan fingerprint density at radius 1 is 0.923 bits per heavy atom. The molecule has 4 rings (SSSR count). The standard InChI is InChI=1S/C22H20ClN3/c1-24-19-13-6-5-12-18(19)20-21(15-8-3-2-4-9-15)25-26-22(20)16-10-7-11-17(23)14-16/h2-14,20-21,24-25H,1H3. The van der Waals surface area contributed by atoms with Crippen molar-refractivity contribution in [1.82, 2.24) is 5.43 Å². The Kier molecular flexibility index (Phi) is 4.63. The van der Waals surface area contributed by atoms with Crippen LogP contribution in [-0.2, 0) is 0 Å².